The highest BCUT2D eigenvalue weighted by Gasteiger charge is 2.28. The van der Waals surface area contributed by atoms with Gasteiger partial charge in [-0.15, -0.1) is 0 Å². The topological polar surface area (TPSA) is 82.7 Å². The number of amides is 1. The summed E-state index contributed by atoms with van der Waals surface area (Å²) in [6, 6.07) is 8.96. The van der Waals surface area contributed by atoms with Crippen LogP contribution >= 0.6 is 0 Å². The number of halogens is 3. The second-order valence-electron chi connectivity index (χ2n) is 5.06. The third-order valence-electron chi connectivity index (χ3n) is 3.00. The molecule has 2 rings (SSSR count). The van der Waals surface area contributed by atoms with Crippen LogP contribution in [0.5, 0.6) is 0 Å². The van der Waals surface area contributed by atoms with E-state index in [4.69, 9.17) is 5.26 Å². The van der Waals surface area contributed by atoms with Crippen molar-refractivity contribution in [3.63, 3.8) is 0 Å². The van der Waals surface area contributed by atoms with E-state index in [0.29, 0.717) is 11.3 Å². The highest BCUT2D eigenvalue weighted by Crippen LogP contribution is 2.18. The number of nitrogens with one attached hydrogen (secondary N) is 2. The molecule has 6 nitrogen and oxygen atoms in total. The van der Waals surface area contributed by atoms with Crippen molar-refractivity contribution in [3.05, 3.63) is 42.1 Å². The van der Waals surface area contributed by atoms with Crippen molar-refractivity contribution in [1.29, 1.82) is 5.26 Å². The Morgan fingerprint density at radius 3 is 2.83 bits per heavy atom. The maximum atomic E-state index is 12.3. The Bertz CT molecular complexity index is 763. The zero-order chi connectivity index (χ0) is 17.7. The lowest BCUT2D eigenvalue weighted by Gasteiger charge is -2.13. The van der Waals surface area contributed by atoms with Crippen molar-refractivity contribution >= 4 is 17.4 Å². The first kappa shape index (κ1) is 17.3. The summed E-state index contributed by atoms with van der Waals surface area (Å²) < 4.78 is 37.6. The van der Waals surface area contributed by atoms with Gasteiger partial charge in [0.2, 0.25) is 5.91 Å². The van der Waals surface area contributed by atoms with Crippen molar-refractivity contribution in [1.82, 2.24) is 9.78 Å². The van der Waals surface area contributed by atoms with Crippen molar-refractivity contribution in [3.8, 4) is 6.07 Å². The summed E-state index contributed by atoms with van der Waals surface area (Å²) in [6.45, 7) is 0.350. The number of nitrogens with zero attached hydrogens (tertiary/aromatic N) is 3. The molecule has 0 radical (unpaired) electrons. The van der Waals surface area contributed by atoms with E-state index >= 15 is 0 Å². The molecule has 24 heavy (non-hydrogen) atoms. The number of nitriles is 1. The molecule has 1 atom stereocenters. The van der Waals surface area contributed by atoms with Crippen LogP contribution in [-0.2, 0) is 11.3 Å². The van der Waals surface area contributed by atoms with Crippen molar-refractivity contribution in [2.75, 3.05) is 10.6 Å². The Hall–Kier alpha value is -3.02. The molecule has 2 aromatic rings. The first-order chi connectivity index (χ1) is 11.3. The molecule has 1 amide bonds. The van der Waals surface area contributed by atoms with E-state index in [1.165, 1.54) is 18.3 Å². The molecule has 0 spiro atoms. The van der Waals surface area contributed by atoms with E-state index in [1.54, 1.807) is 25.1 Å². The molecule has 0 aliphatic rings. The minimum atomic E-state index is -4.36. The maximum absolute atomic E-state index is 12.3. The molecular weight excluding hydrogens is 323 g/mol. The second kappa shape index (κ2) is 7.04. The minimum Gasteiger partial charge on any atom is -0.357 e. The van der Waals surface area contributed by atoms with Crippen molar-refractivity contribution < 1.29 is 18.0 Å². The zero-order valence-electron chi connectivity index (χ0n) is 12.6. The van der Waals surface area contributed by atoms with Gasteiger partial charge in [-0.3, -0.25) is 9.48 Å². The summed E-state index contributed by atoms with van der Waals surface area (Å²) in [5, 5.41) is 17.9. The third kappa shape index (κ3) is 5.01. The van der Waals surface area contributed by atoms with E-state index in [1.807, 2.05) is 6.07 Å². The van der Waals surface area contributed by atoms with Crippen LogP contribution < -0.4 is 10.6 Å². The van der Waals surface area contributed by atoms with Crippen LogP contribution in [-0.4, -0.2) is 27.9 Å². The molecule has 126 valence electrons. The largest absolute Gasteiger partial charge is 0.408 e. The predicted octanol–water partition coefficient (Wildman–Crippen LogP) is 2.76. The quantitative estimate of drug-likeness (QED) is 0.879. The third-order valence-corrected chi connectivity index (χ3v) is 3.00. The highest BCUT2D eigenvalue weighted by atomic mass is 19.4. The van der Waals surface area contributed by atoms with Gasteiger partial charge in [-0.05, 0) is 25.1 Å². The monoisotopic (exact) mass is 337 g/mol. The molecule has 1 aromatic carbocycles. The number of benzene rings is 1. The fraction of sp³-hybridized carbons (Fsp3) is 0.267. The molecule has 1 heterocycles. The number of anilines is 2. The van der Waals surface area contributed by atoms with Crippen LogP contribution in [0.25, 0.3) is 0 Å². The summed E-state index contributed by atoms with van der Waals surface area (Å²) in [4.78, 5) is 12.1. The van der Waals surface area contributed by atoms with Gasteiger partial charge in [0, 0.05) is 18.0 Å². The Morgan fingerprint density at radius 2 is 2.17 bits per heavy atom. The normalized spacial score (nSPS) is 12.3. The van der Waals surface area contributed by atoms with Gasteiger partial charge < -0.3 is 10.6 Å². The molecule has 0 aliphatic carbocycles. The molecule has 2 N–H and O–H groups in total. The Balaban J connectivity index is 1.95. The molecule has 0 aliphatic heterocycles. The fourth-order valence-corrected chi connectivity index (χ4v) is 1.91. The molecule has 0 bridgehead atoms. The number of hydrogen-bond acceptors (Lipinski definition) is 4. The SMILES string of the molecule is C[C@H](Nc1ccn(CC(F)(F)F)n1)C(=O)Nc1cccc(C#N)c1. The smallest absolute Gasteiger partial charge is 0.357 e. The Labute approximate surface area is 135 Å². The highest BCUT2D eigenvalue weighted by molar-refractivity contribution is 5.96. The van der Waals surface area contributed by atoms with Gasteiger partial charge in [0.25, 0.3) is 0 Å². The molecule has 0 fully saturated rings. The number of alkyl halides is 3. The standard InChI is InChI=1S/C15H14F3N5O/c1-10(14(24)21-12-4-2-3-11(7-12)8-19)20-13-5-6-23(22-13)9-15(16,17)18/h2-7,10H,9H2,1H3,(H,20,22)(H,21,24)/t10-/m0/s1. The van der Waals surface area contributed by atoms with Crippen molar-refractivity contribution in [2.24, 2.45) is 0 Å². The fourth-order valence-electron chi connectivity index (χ4n) is 1.91. The first-order valence-corrected chi connectivity index (χ1v) is 6.94. The van der Waals surface area contributed by atoms with E-state index in [0.717, 1.165) is 4.68 Å². The number of aromatic nitrogens is 2. The number of carbonyl (C=O) groups excluding carboxylic acids is 1. The molecule has 0 unspecified atom stereocenters. The summed E-state index contributed by atoms with van der Waals surface area (Å²) in [5.41, 5.74) is 0.856. The van der Waals surface area contributed by atoms with Crippen LogP contribution in [0.4, 0.5) is 24.7 Å². The molecular formula is C15H14F3N5O. The Kier molecular flexibility index (Phi) is 5.08. The van der Waals surface area contributed by atoms with Gasteiger partial charge in [0.05, 0.1) is 11.6 Å². The van der Waals surface area contributed by atoms with Crippen LogP contribution in [0, 0.1) is 11.3 Å². The summed E-state index contributed by atoms with van der Waals surface area (Å²) in [5.74, 6) is -0.247. The summed E-state index contributed by atoms with van der Waals surface area (Å²) >= 11 is 0. The second-order valence-corrected chi connectivity index (χ2v) is 5.06. The number of rotatable bonds is 5. The van der Waals surface area contributed by atoms with Gasteiger partial charge in [0.1, 0.15) is 18.4 Å². The van der Waals surface area contributed by atoms with Gasteiger partial charge in [0.15, 0.2) is 0 Å². The van der Waals surface area contributed by atoms with Crippen LogP contribution in [0.3, 0.4) is 0 Å². The lowest BCUT2D eigenvalue weighted by molar-refractivity contribution is -0.142. The van der Waals surface area contributed by atoms with Crippen LogP contribution in [0.1, 0.15) is 12.5 Å². The van der Waals surface area contributed by atoms with Crippen molar-refractivity contribution in [2.45, 2.75) is 25.7 Å². The van der Waals surface area contributed by atoms with E-state index in [-0.39, 0.29) is 5.82 Å². The van der Waals surface area contributed by atoms with E-state index < -0.39 is 24.7 Å². The summed E-state index contributed by atoms with van der Waals surface area (Å²) in [7, 11) is 0. The lowest BCUT2D eigenvalue weighted by Crippen LogP contribution is -2.32. The Morgan fingerprint density at radius 1 is 1.42 bits per heavy atom. The summed E-state index contributed by atoms with van der Waals surface area (Å²) in [6.07, 6.45) is -3.19. The molecule has 9 heteroatoms. The maximum Gasteiger partial charge on any atom is 0.408 e. The van der Waals surface area contributed by atoms with Gasteiger partial charge in [-0.1, -0.05) is 6.07 Å². The molecule has 1 aromatic heterocycles. The number of hydrogen-bond donors (Lipinski definition) is 2. The lowest BCUT2D eigenvalue weighted by atomic mass is 10.2. The zero-order valence-corrected chi connectivity index (χ0v) is 12.6. The predicted molar refractivity (Wildman–Crippen MR) is 81.2 cm³/mol. The number of carbonyl (C=O) groups is 1. The van der Waals surface area contributed by atoms with Crippen LogP contribution in [0.2, 0.25) is 0 Å². The van der Waals surface area contributed by atoms with Gasteiger partial charge >= 0.3 is 6.18 Å². The average molecular weight is 337 g/mol. The van der Waals surface area contributed by atoms with Gasteiger partial charge in [-0.2, -0.15) is 23.5 Å². The van der Waals surface area contributed by atoms with E-state index in [9.17, 15) is 18.0 Å². The van der Waals surface area contributed by atoms with Gasteiger partial charge in [-0.25, -0.2) is 0 Å². The molecule has 0 saturated heterocycles. The molecule has 0 saturated carbocycles. The van der Waals surface area contributed by atoms with E-state index in [2.05, 4.69) is 15.7 Å². The first-order valence-electron chi connectivity index (χ1n) is 6.94. The average Bonchev–Trinajstić information content (AvgIpc) is 2.92. The van der Waals surface area contributed by atoms with Crippen LogP contribution in [0.15, 0.2) is 36.5 Å². The minimum absolute atomic E-state index is 0.160.